The van der Waals surface area contributed by atoms with E-state index in [1.54, 1.807) is 4.99 Å². The van der Waals surface area contributed by atoms with Crippen LogP contribution in [0.1, 0.15) is 45.1 Å². The molecule has 1 atom stereocenters. The van der Waals surface area contributed by atoms with Gasteiger partial charge in [0.25, 0.3) is 0 Å². The number of halogens is 1. The second kappa shape index (κ2) is 9.76. The van der Waals surface area contributed by atoms with Gasteiger partial charge in [-0.05, 0) is 22.9 Å². The average molecular weight is 339 g/mol. The summed E-state index contributed by atoms with van der Waals surface area (Å²) in [6, 6.07) is 9.56. The van der Waals surface area contributed by atoms with E-state index in [1.807, 2.05) is 30.3 Å². The van der Waals surface area contributed by atoms with Crippen molar-refractivity contribution in [1.29, 1.82) is 0 Å². The van der Waals surface area contributed by atoms with Crippen LogP contribution in [-0.2, 0) is 9.53 Å². The van der Waals surface area contributed by atoms with E-state index in [2.05, 4.69) is 29.8 Å². The summed E-state index contributed by atoms with van der Waals surface area (Å²) in [6.45, 7) is 4.83. The van der Waals surface area contributed by atoms with Crippen LogP contribution in [-0.4, -0.2) is 12.6 Å². The molecule has 0 aliphatic carbocycles. The lowest BCUT2D eigenvalue weighted by molar-refractivity contribution is -0.138. The second-order valence-electron chi connectivity index (χ2n) is 4.90. The van der Waals surface area contributed by atoms with Crippen LogP contribution in [0.3, 0.4) is 0 Å². The first-order chi connectivity index (χ1) is 9.72. The molecule has 0 heterocycles. The Hall–Kier alpha value is -1.09. The van der Waals surface area contributed by atoms with Crippen molar-refractivity contribution in [2.75, 3.05) is 6.61 Å². The lowest BCUT2D eigenvalue weighted by Gasteiger charge is -2.15. The van der Waals surface area contributed by atoms with Crippen LogP contribution < -0.4 is 0 Å². The van der Waals surface area contributed by atoms with E-state index in [4.69, 9.17) is 4.74 Å². The smallest absolute Gasteiger partial charge is 0.339 e. The molecule has 0 N–H and O–H groups in total. The molecule has 0 bridgehead atoms. The lowest BCUT2D eigenvalue weighted by atomic mass is 10.0. The molecular formula is C17H23BrO2. The lowest BCUT2D eigenvalue weighted by Crippen LogP contribution is -2.14. The van der Waals surface area contributed by atoms with Gasteiger partial charge in [-0.15, -0.1) is 0 Å². The van der Waals surface area contributed by atoms with Gasteiger partial charge in [-0.25, -0.2) is 4.79 Å². The maximum absolute atomic E-state index is 12.1. The van der Waals surface area contributed by atoms with Crippen LogP contribution in [0.25, 0.3) is 5.57 Å². The molecule has 2 nitrogen and oxygen atoms in total. The summed E-state index contributed by atoms with van der Waals surface area (Å²) in [5.74, 6) is 0.203. The first-order valence-corrected chi connectivity index (χ1v) is 8.17. The minimum Gasteiger partial charge on any atom is -0.462 e. The number of rotatable bonds is 8. The number of benzene rings is 1. The van der Waals surface area contributed by atoms with Gasteiger partial charge in [0, 0.05) is 0 Å². The molecular weight excluding hydrogens is 316 g/mol. The van der Waals surface area contributed by atoms with Crippen LogP contribution in [0.15, 0.2) is 35.3 Å². The van der Waals surface area contributed by atoms with Crippen molar-refractivity contribution in [3.63, 3.8) is 0 Å². The normalized spacial score (nSPS) is 13.1. The Balaban J connectivity index is 2.56. The van der Waals surface area contributed by atoms with E-state index < -0.39 is 0 Å². The minimum atomic E-state index is -0.261. The zero-order valence-electron chi connectivity index (χ0n) is 12.3. The Bertz CT molecular complexity index is 426. The van der Waals surface area contributed by atoms with Gasteiger partial charge in [0.1, 0.15) is 0 Å². The quantitative estimate of drug-likeness (QED) is 0.482. The number of ether oxygens (including phenoxy) is 1. The van der Waals surface area contributed by atoms with Crippen LogP contribution in [0.5, 0.6) is 0 Å². The van der Waals surface area contributed by atoms with Gasteiger partial charge in [0.05, 0.1) is 12.2 Å². The molecule has 0 spiro atoms. The number of carbonyl (C=O) groups is 1. The van der Waals surface area contributed by atoms with E-state index in [0.717, 1.165) is 18.4 Å². The molecule has 1 unspecified atom stereocenters. The fraction of sp³-hybridized carbons (Fsp3) is 0.471. The fourth-order valence-corrected chi connectivity index (χ4v) is 2.46. The SMILES string of the molecule is CCCCC(CC)COC(=O)C(=CBr)c1ccccc1. The van der Waals surface area contributed by atoms with Gasteiger partial charge in [-0.2, -0.15) is 0 Å². The standard InChI is InChI=1S/C17H23BrO2/c1-3-5-9-14(4-2)13-20-17(19)16(12-18)15-10-7-6-8-11-15/h6-8,10-12,14H,3-5,9,13H2,1-2H3. The zero-order valence-corrected chi connectivity index (χ0v) is 13.9. The first kappa shape index (κ1) is 17.0. The van der Waals surface area contributed by atoms with Gasteiger partial charge in [-0.3, -0.25) is 0 Å². The second-order valence-corrected chi connectivity index (χ2v) is 5.36. The highest BCUT2D eigenvalue weighted by molar-refractivity contribution is 9.11. The number of esters is 1. The average Bonchev–Trinajstić information content (AvgIpc) is 2.49. The summed E-state index contributed by atoms with van der Waals surface area (Å²) < 4.78 is 5.46. The largest absolute Gasteiger partial charge is 0.462 e. The first-order valence-electron chi connectivity index (χ1n) is 7.25. The summed E-state index contributed by atoms with van der Waals surface area (Å²) in [6.07, 6.45) is 4.54. The summed E-state index contributed by atoms with van der Waals surface area (Å²) in [4.78, 5) is 13.8. The molecule has 0 radical (unpaired) electrons. The third-order valence-electron chi connectivity index (χ3n) is 3.41. The third-order valence-corrected chi connectivity index (χ3v) is 3.87. The van der Waals surface area contributed by atoms with E-state index in [1.165, 1.54) is 12.8 Å². The van der Waals surface area contributed by atoms with Crippen LogP contribution in [0.2, 0.25) is 0 Å². The molecule has 1 rings (SSSR count). The van der Waals surface area contributed by atoms with Crippen molar-refractivity contribution in [3.8, 4) is 0 Å². The molecule has 110 valence electrons. The Kier molecular flexibility index (Phi) is 8.28. The van der Waals surface area contributed by atoms with E-state index in [0.29, 0.717) is 18.1 Å². The molecule has 0 aliphatic rings. The maximum atomic E-state index is 12.1. The molecule has 0 saturated heterocycles. The van der Waals surface area contributed by atoms with E-state index >= 15 is 0 Å². The Morgan fingerprint density at radius 2 is 2.00 bits per heavy atom. The number of hydrogen-bond acceptors (Lipinski definition) is 2. The van der Waals surface area contributed by atoms with Crippen molar-refractivity contribution in [1.82, 2.24) is 0 Å². The van der Waals surface area contributed by atoms with Crippen molar-refractivity contribution < 1.29 is 9.53 Å². The van der Waals surface area contributed by atoms with Crippen LogP contribution >= 0.6 is 15.9 Å². The van der Waals surface area contributed by atoms with Crippen molar-refractivity contribution in [3.05, 3.63) is 40.9 Å². The summed E-state index contributed by atoms with van der Waals surface area (Å²) >= 11 is 3.26. The molecule has 3 heteroatoms. The Morgan fingerprint density at radius 3 is 2.55 bits per heavy atom. The van der Waals surface area contributed by atoms with Crippen LogP contribution in [0, 0.1) is 5.92 Å². The molecule has 1 aromatic carbocycles. The predicted molar refractivity (Wildman–Crippen MR) is 87.6 cm³/mol. The summed E-state index contributed by atoms with van der Waals surface area (Å²) in [5.41, 5.74) is 1.44. The molecule has 0 saturated carbocycles. The molecule has 0 fully saturated rings. The number of unbranched alkanes of at least 4 members (excludes halogenated alkanes) is 1. The Morgan fingerprint density at radius 1 is 1.30 bits per heavy atom. The highest BCUT2D eigenvalue weighted by Crippen LogP contribution is 2.19. The van der Waals surface area contributed by atoms with Gasteiger partial charge in [0.2, 0.25) is 0 Å². The fourth-order valence-electron chi connectivity index (χ4n) is 2.01. The molecule has 0 aliphatic heterocycles. The number of carbonyl (C=O) groups excluding carboxylic acids is 1. The monoisotopic (exact) mass is 338 g/mol. The van der Waals surface area contributed by atoms with Gasteiger partial charge >= 0.3 is 5.97 Å². The highest BCUT2D eigenvalue weighted by atomic mass is 79.9. The third kappa shape index (κ3) is 5.49. The minimum absolute atomic E-state index is 0.261. The summed E-state index contributed by atoms with van der Waals surface area (Å²) in [5, 5.41) is 0. The molecule has 0 amide bonds. The van der Waals surface area contributed by atoms with Crippen molar-refractivity contribution in [2.24, 2.45) is 5.92 Å². The van der Waals surface area contributed by atoms with Gasteiger partial charge < -0.3 is 4.74 Å². The topological polar surface area (TPSA) is 26.3 Å². The molecule has 1 aromatic rings. The van der Waals surface area contributed by atoms with E-state index in [9.17, 15) is 4.79 Å². The Labute approximate surface area is 130 Å². The van der Waals surface area contributed by atoms with Gasteiger partial charge in [-0.1, -0.05) is 79.4 Å². The summed E-state index contributed by atoms with van der Waals surface area (Å²) in [7, 11) is 0. The predicted octanol–water partition coefficient (Wildman–Crippen LogP) is 5.18. The van der Waals surface area contributed by atoms with Crippen LogP contribution in [0.4, 0.5) is 0 Å². The van der Waals surface area contributed by atoms with Gasteiger partial charge in [0.15, 0.2) is 0 Å². The maximum Gasteiger partial charge on any atom is 0.339 e. The van der Waals surface area contributed by atoms with Crippen molar-refractivity contribution in [2.45, 2.75) is 39.5 Å². The van der Waals surface area contributed by atoms with E-state index in [-0.39, 0.29) is 5.97 Å². The number of hydrogen-bond donors (Lipinski definition) is 0. The zero-order chi connectivity index (χ0) is 14.8. The molecule has 0 aromatic heterocycles. The molecule has 20 heavy (non-hydrogen) atoms. The van der Waals surface area contributed by atoms with Crippen molar-refractivity contribution >= 4 is 27.5 Å². The highest BCUT2D eigenvalue weighted by Gasteiger charge is 2.15.